The number of nitrogens with zero attached hydrogens (tertiary/aromatic N) is 2. The predicted molar refractivity (Wildman–Crippen MR) is 109 cm³/mol. The maximum absolute atomic E-state index is 13.1. The molecule has 0 fully saturated rings. The highest BCUT2D eigenvalue weighted by Crippen LogP contribution is 2.22. The fraction of sp³-hybridized carbons (Fsp3) is 0.0952. The maximum atomic E-state index is 13.1. The number of nitrogens with one attached hydrogen (secondary N) is 1. The van der Waals surface area contributed by atoms with Crippen molar-refractivity contribution in [3.8, 4) is 0 Å². The van der Waals surface area contributed by atoms with Crippen molar-refractivity contribution in [3.05, 3.63) is 93.1 Å². The van der Waals surface area contributed by atoms with E-state index in [0.29, 0.717) is 27.6 Å². The Labute approximate surface area is 169 Å². The molecule has 6 nitrogen and oxygen atoms in total. The van der Waals surface area contributed by atoms with Crippen molar-refractivity contribution in [2.45, 2.75) is 13.5 Å². The Balaban J connectivity index is 1.52. The van der Waals surface area contributed by atoms with E-state index in [0.717, 1.165) is 5.69 Å². The van der Waals surface area contributed by atoms with Crippen molar-refractivity contribution in [3.63, 3.8) is 0 Å². The van der Waals surface area contributed by atoms with Gasteiger partial charge in [-0.2, -0.15) is 0 Å². The molecule has 0 spiro atoms. The predicted octanol–water partition coefficient (Wildman–Crippen LogP) is 4.30. The third-order valence-corrected chi connectivity index (χ3v) is 5.19. The quantitative estimate of drug-likeness (QED) is 0.498. The smallest absolute Gasteiger partial charge is 0.340 e. The number of hydrogen-bond acceptors (Lipinski definition) is 6. The first kappa shape index (κ1) is 18.8. The van der Waals surface area contributed by atoms with Crippen molar-refractivity contribution < 1.29 is 13.9 Å². The molecule has 146 valence electrons. The van der Waals surface area contributed by atoms with Gasteiger partial charge in [-0.25, -0.2) is 14.2 Å². The zero-order chi connectivity index (χ0) is 20.4. The summed E-state index contributed by atoms with van der Waals surface area (Å²) < 4.78 is 20.0. The largest absolute Gasteiger partial charge is 0.456 e. The minimum atomic E-state index is -0.556. The number of carbonyl (C=O) groups is 1. The molecule has 2 heterocycles. The lowest BCUT2D eigenvalue weighted by Crippen LogP contribution is -2.16. The molecule has 0 aliphatic heterocycles. The van der Waals surface area contributed by atoms with Gasteiger partial charge in [-0.1, -0.05) is 12.1 Å². The second-order valence-corrected chi connectivity index (χ2v) is 7.17. The number of hydrogen-bond donors (Lipinski definition) is 1. The van der Waals surface area contributed by atoms with E-state index in [1.54, 1.807) is 36.4 Å². The third-order valence-electron chi connectivity index (χ3n) is 4.25. The van der Waals surface area contributed by atoms with Gasteiger partial charge in [0.2, 0.25) is 0 Å². The molecule has 2 aromatic carbocycles. The summed E-state index contributed by atoms with van der Waals surface area (Å²) in [7, 11) is 0. The molecule has 29 heavy (non-hydrogen) atoms. The molecule has 0 amide bonds. The fourth-order valence-electron chi connectivity index (χ4n) is 2.85. The average Bonchev–Trinajstić information content (AvgIpc) is 3.09. The first-order chi connectivity index (χ1) is 14.0. The van der Waals surface area contributed by atoms with Gasteiger partial charge in [0.1, 0.15) is 12.4 Å². The van der Waals surface area contributed by atoms with Gasteiger partial charge in [0, 0.05) is 22.8 Å². The molecule has 0 radical (unpaired) electrons. The zero-order valence-corrected chi connectivity index (χ0v) is 16.2. The van der Waals surface area contributed by atoms with Crippen LogP contribution in [0.25, 0.3) is 4.96 Å². The Morgan fingerprint density at radius 3 is 2.76 bits per heavy atom. The number of carbonyl (C=O) groups excluding carboxylic acids is 1. The van der Waals surface area contributed by atoms with Gasteiger partial charge >= 0.3 is 5.97 Å². The van der Waals surface area contributed by atoms with E-state index in [2.05, 4.69) is 10.3 Å². The van der Waals surface area contributed by atoms with Crippen LogP contribution < -0.4 is 10.9 Å². The highest BCUT2D eigenvalue weighted by atomic mass is 32.1. The van der Waals surface area contributed by atoms with E-state index in [1.165, 1.54) is 33.9 Å². The van der Waals surface area contributed by atoms with Crippen LogP contribution in [0.2, 0.25) is 0 Å². The number of thiazole rings is 1. The number of para-hydroxylation sites is 1. The van der Waals surface area contributed by atoms with Crippen LogP contribution >= 0.6 is 11.3 Å². The second-order valence-electron chi connectivity index (χ2n) is 6.33. The van der Waals surface area contributed by atoms with Crippen LogP contribution in [0.1, 0.15) is 21.7 Å². The van der Waals surface area contributed by atoms with Gasteiger partial charge in [-0.05, 0) is 43.3 Å². The molecule has 0 saturated carbocycles. The monoisotopic (exact) mass is 409 g/mol. The lowest BCUT2D eigenvalue weighted by atomic mass is 10.1. The van der Waals surface area contributed by atoms with Crippen molar-refractivity contribution in [2.75, 3.05) is 5.32 Å². The number of anilines is 2. The lowest BCUT2D eigenvalue weighted by molar-refractivity contribution is 0.0469. The number of esters is 1. The van der Waals surface area contributed by atoms with Crippen molar-refractivity contribution >= 4 is 33.6 Å². The summed E-state index contributed by atoms with van der Waals surface area (Å²) >= 11 is 1.35. The first-order valence-electron chi connectivity index (χ1n) is 8.77. The van der Waals surface area contributed by atoms with E-state index in [-0.39, 0.29) is 18.0 Å². The summed E-state index contributed by atoms with van der Waals surface area (Å²) in [6, 6.07) is 14.0. The highest BCUT2D eigenvalue weighted by Gasteiger charge is 2.14. The summed E-state index contributed by atoms with van der Waals surface area (Å²) in [6.07, 6.45) is 0. The molecule has 4 rings (SSSR count). The van der Waals surface area contributed by atoms with Crippen LogP contribution in [0, 0.1) is 12.7 Å². The Hall–Kier alpha value is -3.52. The standard InChI is InChI=1S/C21H16FN3O3S/c1-13-12-29-21-24-16(10-19(26)25(13)21)11-28-20(27)17-4-2-3-5-18(17)23-15-8-6-14(22)7-9-15/h2-10,12,23H,11H2,1H3. The van der Waals surface area contributed by atoms with Gasteiger partial charge in [-0.3, -0.25) is 9.20 Å². The van der Waals surface area contributed by atoms with E-state index in [9.17, 15) is 14.0 Å². The van der Waals surface area contributed by atoms with Crippen molar-refractivity contribution in [2.24, 2.45) is 0 Å². The van der Waals surface area contributed by atoms with Crippen molar-refractivity contribution in [1.82, 2.24) is 9.38 Å². The van der Waals surface area contributed by atoms with Gasteiger partial charge in [0.25, 0.3) is 5.56 Å². The van der Waals surface area contributed by atoms with E-state index in [4.69, 9.17) is 4.74 Å². The third kappa shape index (κ3) is 4.02. The van der Waals surface area contributed by atoms with Gasteiger partial charge in [0.15, 0.2) is 4.96 Å². The number of aryl methyl sites for hydroxylation is 1. The number of aromatic nitrogens is 2. The van der Waals surface area contributed by atoms with Crippen LogP contribution in [-0.2, 0) is 11.3 Å². The summed E-state index contributed by atoms with van der Waals surface area (Å²) in [4.78, 5) is 29.8. The Bertz CT molecular complexity index is 1250. The molecule has 4 aromatic rings. The number of ether oxygens (including phenoxy) is 1. The molecular formula is C21H16FN3O3S. The summed E-state index contributed by atoms with van der Waals surface area (Å²) in [6.45, 7) is 1.71. The van der Waals surface area contributed by atoms with E-state index in [1.807, 2.05) is 12.3 Å². The number of halogens is 1. The van der Waals surface area contributed by atoms with Crippen LogP contribution in [0.4, 0.5) is 15.8 Å². The molecular weight excluding hydrogens is 393 g/mol. The fourth-order valence-corrected chi connectivity index (χ4v) is 3.74. The SMILES string of the molecule is Cc1csc2nc(COC(=O)c3ccccc3Nc3ccc(F)cc3)cc(=O)n12. The molecule has 0 aliphatic carbocycles. The van der Waals surface area contributed by atoms with Crippen molar-refractivity contribution in [1.29, 1.82) is 0 Å². The summed E-state index contributed by atoms with van der Waals surface area (Å²) in [5.41, 5.74) is 2.47. The summed E-state index contributed by atoms with van der Waals surface area (Å²) in [5, 5.41) is 4.92. The molecule has 0 unspecified atom stereocenters. The molecule has 0 aliphatic rings. The minimum Gasteiger partial charge on any atom is -0.456 e. The molecule has 1 N–H and O–H groups in total. The zero-order valence-electron chi connectivity index (χ0n) is 15.4. The Morgan fingerprint density at radius 2 is 1.97 bits per heavy atom. The molecule has 0 saturated heterocycles. The number of rotatable bonds is 5. The number of fused-ring (bicyclic) bond motifs is 1. The normalized spacial score (nSPS) is 10.8. The maximum Gasteiger partial charge on any atom is 0.340 e. The molecule has 0 atom stereocenters. The Morgan fingerprint density at radius 1 is 1.21 bits per heavy atom. The van der Waals surface area contributed by atoms with Gasteiger partial charge in [-0.15, -0.1) is 11.3 Å². The van der Waals surface area contributed by atoms with Crippen LogP contribution in [0.3, 0.4) is 0 Å². The van der Waals surface area contributed by atoms with Gasteiger partial charge in [0.05, 0.1) is 16.9 Å². The average molecular weight is 409 g/mol. The first-order valence-corrected chi connectivity index (χ1v) is 9.65. The molecule has 8 heteroatoms. The molecule has 2 aromatic heterocycles. The minimum absolute atomic E-state index is 0.119. The van der Waals surface area contributed by atoms with Crippen LogP contribution in [0.5, 0.6) is 0 Å². The number of benzene rings is 2. The lowest BCUT2D eigenvalue weighted by Gasteiger charge is -2.12. The van der Waals surface area contributed by atoms with E-state index >= 15 is 0 Å². The summed E-state index contributed by atoms with van der Waals surface area (Å²) in [5.74, 6) is -0.899. The van der Waals surface area contributed by atoms with E-state index < -0.39 is 5.97 Å². The Kier molecular flexibility index (Phi) is 5.09. The highest BCUT2D eigenvalue weighted by molar-refractivity contribution is 7.15. The second kappa shape index (κ2) is 7.84. The topological polar surface area (TPSA) is 72.7 Å². The molecule has 0 bridgehead atoms. The van der Waals surface area contributed by atoms with Crippen LogP contribution in [0.15, 0.2) is 64.8 Å². The van der Waals surface area contributed by atoms with Gasteiger partial charge < -0.3 is 10.1 Å². The van der Waals surface area contributed by atoms with Crippen LogP contribution in [-0.4, -0.2) is 15.4 Å².